The van der Waals surface area contributed by atoms with Crippen molar-refractivity contribution in [3.63, 3.8) is 0 Å². The van der Waals surface area contributed by atoms with Crippen LogP contribution in [0.4, 0.5) is 0 Å². The molecule has 102 valence electrons. The number of phenolic OH excluding ortho intramolecular Hbond substituents is 1. The summed E-state index contributed by atoms with van der Waals surface area (Å²) in [5, 5.41) is 27.2. The molecular formula is C15H19NO2S. The van der Waals surface area contributed by atoms with Crippen LogP contribution >= 0.6 is 11.3 Å². The van der Waals surface area contributed by atoms with Gasteiger partial charge < -0.3 is 15.5 Å². The first kappa shape index (κ1) is 14.1. The Morgan fingerprint density at radius 2 is 2.11 bits per heavy atom. The van der Waals surface area contributed by atoms with E-state index in [0.717, 1.165) is 16.7 Å². The third-order valence-corrected chi connectivity index (χ3v) is 3.85. The molecule has 3 nitrogen and oxygen atoms in total. The van der Waals surface area contributed by atoms with Gasteiger partial charge in [0.1, 0.15) is 5.75 Å². The van der Waals surface area contributed by atoms with Crippen molar-refractivity contribution in [3.05, 3.63) is 51.7 Å². The average Bonchev–Trinajstić information content (AvgIpc) is 2.88. The molecule has 19 heavy (non-hydrogen) atoms. The maximum atomic E-state index is 10.4. The van der Waals surface area contributed by atoms with Crippen LogP contribution in [-0.4, -0.2) is 16.8 Å². The summed E-state index contributed by atoms with van der Waals surface area (Å²) in [6.07, 6.45) is 0. The largest absolute Gasteiger partial charge is 0.508 e. The first-order valence-corrected chi connectivity index (χ1v) is 7.17. The Balaban J connectivity index is 1.95. The van der Waals surface area contributed by atoms with E-state index in [4.69, 9.17) is 0 Å². The van der Waals surface area contributed by atoms with E-state index in [1.54, 1.807) is 24.3 Å². The number of hydrogen-bond donors (Lipinski definition) is 3. The monoisotopic (exact) mass is 277 g/mol. The van der Waals surface area contributed by atoms with Crippen molar-refractivity contribution in [2.75, 3.05) is 6.54 Å². The normalized spacial score (nSPS) is 14.3. The molecule has 0 aliphatic carbocycles. The highest BCUT2D eigenvalue weighted by molar-refractivity contribution is 7.08. The second kappa shape index (κ2) is 5.74. The van der Waals surface area contributed by atoms with Crippen LogP contribution in [-0.2, 0) is 12.1 Å². The molecule has 0 fully saturated rings. The average molecular weight is 277 g/mol. The van der Waals surface area contributed by atoms with Crippen molar-refractivity contribution in [2.45, 2.75) is 26.0 Å². The van der Waals surface area contributed by atoms with Gasteiger partial charge in [-0.25, -0.2) is 0 Å². The predicted octanol–water partition coefficient (Wildman–Crippen LogP) is 2.76. The van der Waals surface area contributed by atoms with E-state index < -0.39 is 5.60 Å². The summed E-state index contributed by atoms with van der Waals surface area (Å²) in [5.41, 5.74) is 1.98. The van der Waals surface area contributed by atoms with Crippen LogP contribution < -0.4 is 5.32 Å². The van der Waals surface area contributed by atoms with Gasteiger partial charge in [-0.15, -0.1) is 0 Å². The zero-order valence-corrected chi connectivity index (χ0v) is 12.0. The molecule has 1 heterocycles. The number of aliphatic hydroxyl groups is 1. The lowest BCUT2D eigenvalue weighted by atomic mass is 9.99. The minimum Gasteiger partial charge on any atom is -0.508 e. The van der Waals surface area contributed by atoms with Crippen molar-refractivity contribution in [1.29, 1.82) is 0 Å². The van der Waals surface area contributed by atoms with Crippen molar-refractivity contribution in [3.8, 4) is 5.75 Å². The molecule has 0 amide bonds. The maximum Gasteiger partial charge on any atom is 0.120 e. The number of aryl methyl sites for hydroxylation is 1. The highest BCUT2D eigenvalue weighted by Crippen LogP contribution is 2.23. The summed E-state index contributed by atoms with van der Waals surface area (Å²) in [7, 11) is 0. The molecular weight excluding hydrogens is 258 g/mol. The smallest absolute Gasteiger partial charge is 0.120 e. The Hall–Kier alpha value is -1.36. The van der Waals surface area contributed by atoms with Crippen LogP contribution in [0, 0.1) is 6.92 Å². The van der Waals surface area contributed by atoms with Gasteiger partial charge in [0.2, 0.25) is 0 Å². The molecule has 0 aliphatic heterocycles. The minimum atomic E-state index is -0.889. The number of phenols is 1. The van der Waals surface area contributed by atoms with Gasteiger partial charge in [-0.05, 0) is 42.3 Å². The maximum absolute atomic E-state index is 10.4. The lowest BCUT2D eigenvalue weighted by molar-refractivity contribution is 0.0570. The second-order valence-corrected chi connectivity index (χ2v) is 5.80. The van der Waals surface area contributed by atoms with Gasteiger partial charge in [0.25, 0.3) is 0 Å². The summed E-state index contributed by atoms with van der Waals surface area (Å²) in [5.74, 6) is 0.285. The zero-order valence-electron chi connectivity index (χ0n) is 11.2. The molecule has 0 saturated carbocycles. The fourth-order valence-electron chi connectivity index (χ4n) is 1.97. The van der Waals surface area contributed by atoms with Crippen molar-refractivity contribution < 1.29 is 10.2 Å². The molecule has 4 heteroatoms. The Labute approximate surface area is 117 Å². The summed E-state index contributed by atoms with van der Waals surface area (Å²) < 4.78 is 0. The van der Waals surface area contributed by atoms with E-state index in [9.17, 15) is 10.2 Å². The molecule has 2 aromatic rings. The Bertz CT molecular complexity index is 535. The number of benzene rings is 1. The van der Waals surface area contributed by atoms with E-state index in [1.165, 1.54) is 0 Å². The van der Waals surface area contributed by atoms with Gasteiger partial charge in [0.15, 0.2) is 0 Å². The summed E-state index contributed by atoms with van der Waals surface area (Å²) >= 11 is 1.57. The fourth-order valence-corrected chi connectivity index (χ4v) is 2.75. The highest BCUT2D eigenvalue weighted by atomic mass is 32.1. The van der Waals surface area contributed by atoms with Crippen LogP contribution in [0.5, 0.6) is 5.75 Å². The lowest BCUT2D eigenvalue weighted by Crippen LogP contribution is -2.34. The van der Waals surface area contributed by atoms with Crippen LogP contribution in [0.1, 0.15) is 23.6 Å². The van der Waals surface area contributed by atoms with Crippen molar-refractivity contribution in [2.24, 2.45) is 0 Å². The molecule has 0 spiro atoms. The van der Waals surface area contributed by atoms with Crippen molar-refractivity contribution in [1.82, 2.24) is 5.32 Å². The molecule has 0 aliphatic rings. The van der Waals surface area contributed by atoms with Crippen LogP contribution in [0.3, 0.4) is 0 Å². The summed E-state index contributed by atoms with van der Waals surface area (Å²) in [6, 6.07) is 7.45. The van der Waals surface area contributed by atoms with Gasteiger partial charge in [0, 0.05) is 18.7 Å². The molecule has 1 aromatic heterocycles. The summed E-state index contributed by atoms with van der Waals surface area (Å²) in [4.78, 5) is 0. The predicted molar refractivity (Wildman–Crippen MR) is 78.4 cm³/mol. The molecule has 1 atom stereocenters. The fraction of sp³-hybridized carbons (Fsp3) is 0.333. The molecule has 1 unspecified atom stereocenters. The SMILES string of the molecule is Cc1ccc(O)c(CNCC(C)(O)c2ccsc2)c1. The van der Waals surface area contributed by atoms with E-state index in [2.05, 4.69) is 5.32 Å². The lowest BCUT2D eigenvalue weighted by Gasteiger charge is -2.23. The number of rotatable bonds is 5. The molecule has 0 radical (unpaired) electrons. The van der Waals surface area contributed by atoms with E-state index in [1.807, 2.05) is 35.9 Å². The quantitative estimate of drug-likeness (QED) is 0.787. The summed E-state index contributed by atoms with van der Waals surface area (Å²) in [6.45, 7) is 4.76. The molecule has 0 saturated heterocycles. The standard InChI is InChI=1S/C15H19NO2S/c1-11-3-4-14(17)12(7-11)8-16-10-15(2,18)13-5-6-19-9-13/h3-7,9,16-18H,8,10H2,1-2H3. The van der Waals surface area contributed by atoms with Gasteiger partial charge in [-0.1, -0.05) is 17.7 Å². The Kier molecular flexibility index (Phi) is 4.24. The van der Waals surface area contributed by atoms with Crippen LogP contribution in [0.15, 0.2) is 35.0 Å². The van der Waals surface area contributed by atoms with Gasteiger partial charge in [0.05, 0.1) is 5.60 Å². The van der Waals surface area contributed by atoms with E-state index >= 15 is 0 Å². The van der Waals surface area contributed by atoms with Gasteiger partial charge in [-0.3, -0.25) is 0 Å². The Morgan fingerprint density at radius 3 is 2.79 bits per heavy atom. The zero-order chi connectivity index (χ0) is 13.9. The third kappa shape index (κ3) is 3.56. The Morgan fingerprint density at radius 1 is 1.32 bits per heavy atom. The van der Waals surface area contributed by atoms with Gasteiger partial charge >= 0.3 is 0 Å². The van der Waals surface area contributed by atoms with Gasteiger partial charge in [-0.2, -0.15) is 11.3 Å². The first-order valence-electron chi connectivity index (χ1n) is 6.23. The highest BCUT2D eigenvalue weighted by Gasteiger charge is 2.22. The molecule has 2 rings (SSSR count). The van der Waals surface area contributed by atoms with E-state index in [0.29, 0.717) is 13.1 Å². The van der Waals surface area contributed by atoms with Crippen molar-refractivity contribution >= 4 is 11.3 Å². The first-order chi connectivity index (χ1) is 8.99. The van der Waals surface area contributed by atoms with Crippen LogP contribution in [0.25, 0.3) is 0 Å². The number of hydrogen-bond acceptors (Lipinski definition) is 4. The minimum absolute atomic E-state index is 0.285. The molecule has 0 bridgehead atoms. The van der Waals surface area contributed by atoms with Crippen LogP contribution in [0.2, 0.25) is 0 Å². The second-order valence-electron chi connectivity index (χ2n) is 5.02. The molecule has 1 aromatic carbocycles. The number of aromatic hydroxyl groups is 1. The topological polar surface area (TPSA) is 52.5 Å². The number of nitrogens with one attached hydrogen (secondary N) is 1. The number of thiophene rings is 1. The van der Waals surface area contributed by atoms with E-state index in [-0.39, 0.29) is 5.75 Å². The molecule has 3 N–H and O–H groups in total. The third-order valence-electron chi connectivity index (χ3n) is 3.16.